The number of aryl methyl sites for hydroxylation is 1. The van der Waals surface area contributed by atoms with E-state index in [0.29, 0.717) is 5.69 Å². The first-order valence-electron chi connectivity index (χ1n) is 3.95. The molecule has 2 rings (SSSR count). The lowest BCUT2D eigenvalue weighted by Gasteiger charge is -1.91. The average molecular weight is 189 g/mol. The molecule has 1 aliphatic carbocycles. The van der Waals surface area contributed by atoms with Gasteiger partial charge in [-0.2, -0.15) is 0 Å². The highest BCUT2D eigenvalue weighted by Gasteiger charge is 2.58. The molecule has 1 nitrogen and oxygen atoms in total. The zero-order chi connectivity index (χ0) is 8.77. The summed E-state index contributed by atoms with van der Waals surface area (Å²) in [5, 5.41) is 2.71. The van der Waals surface area contributed by atoms with Crippen LogP contribution in [0.15, 0.2) is 5.38 Å². The van der Waals surface area contributed by atoms with Crippen LogP contribution in [0.5, 0.6) is 0 Å². The van der Waals surface area contributed by atoms with Crippen molar-refractivity contribution in [2.24, 2.45) is 0 Å². The summed E-state index contributed by atoms with van der Waals surface area (Å²) in [6, 6.07) is 0. The van der Waals surface area contributed by atoms with E-state index in [9.17, 15) is 8.78 Å². The van der Waals surface area contributed by atoms with Gasteiger partial charge in [-0.25, -0.2) is 13.8 Å². The Hall–Kier alpha value is -0.510. The van der Waals surface area contributed by atoms with Crippen LogP contribution in [0.4, 0.5) is 8.78 Å². The van der Waals surface area contributed by atoms with Crippen LogP contribution in [-0.4, -0.2) is 10.9 Å². The van der Waals surface area contributed by atoms with Crippen molar-refractivity contribution in [1.29, 1.82) is 0 Å². The molecule has 0 aliphatic heterocycles. The molecule has 0 amide bonds. The summed E-state index contributed by atoms with van der Waals surface area (Å²) < 4.78 is 25.1. The lowest BCUT2D eigenvalue weighted by Crippen LogP contribution is -1.93. The smallest absolute Gasteiger partial charge is 0.246 e. The molecule has 1 saturated carbocycles. The molecule has 0 aromatic carbocycles. The Bertz CT molecular complexity index is 295. The van der Waals surface area contributed by atoms with E-state index in [1.807, 2.05) is 6.92 Å². The van der Waals surface area contributed by atoms with E-state index >= 15 is 0 Å². The van der Waals surface area contributed by atoms with Crippen molar-refractivity contribution >= 4 is 11.3 Å². The third kappa shape index (κ3) is 1.24. The first-order valence-corrected chi connectivity index (χ1v) is 4.83. The van der Waals surface area contributed by atoms with Gasteiger partial charge in [0.15, 0.2) is 0 Å². The molecule has 1 fully saturated rings. The molecule has 1 aromatic rings. The molecular weight excluding hydrogens is 180 g/mol. The van der Waals surface area contributed by atoms with Crippen LogP contribution >= 0.6 is 11.3 Å². The van der Waals surface area contributed by atoms with Crippen LogP contribution in [0, 0.1) is 0 Å². The van der Waals surface area contributed by atoms with Crippen molar-refractivity contribution in [3.05, 3.63) is 16.1 Å². The summed E-state index contributed by atoms with van der Waals surface area (Å²) in [6.07, 6.45) is 0.822. The van der Waals surface area contributed by atoms with Gasteiger partial charge in [0.2, 0.25) is 0 Å². The first kappa shape index (κ1) is 8.10. The average Bonchev–Trinajstić information content (AvgIpc) is 2.52. The number of alkyl halides is 2. The fraction of sp³-hybridized carbons (Fsp3) is 0.625. The SMILES string of the molecule is CCc1nc(C2CC2(F)F)cs1. The van der Waals surface area contributed by atoms with Gasteiger partial charge in [-0.05, 0) is 6.42 Å². The highest BCUT2D eigenvalue weighted by Crippen LogP contribution is 2.55. The second-order valence-corrected chi connectivity index (χ2v) is 3.98. The molecule has 4 heteroatoms. The highest BCUT2D eigenvalue weighted by atomic mass is 32.1. The Balaban J connectivity index is 2.15. The number of thiazole rings is 1. The molecule has 66 valence electrons. The van der Waals surface area contributed by atoms with Crippen LogP contribution in [0.1, 0.15) is 30.0 Å². The van der Waals surface area contributed by atoms with E-state index in [1.54, 1.807) is 5.38 Å². The molecule has 0 bridgehead atoms. The Labute approximate surface area is 73.4 Å². The Kier molecular flexibility index (Phi) is 1.68. The van der Waals surface area contributed by atoms with E-state index in [0.717, 1.165) is 11.4 Å². The Morgan fingerprint density at radius 3 is 2.83 bits per heavy atom. The number of hydrogen-bond donors (Lipinski definition) is 0. The number of rotatable bonds is 2. The van der Waals surface area contributed by atoms with Crippen molar-refractivity contribution in [3.8, 4) is 0 Å². The van der Waals surface area contributed by atoms with Gasteiger partial charge in [0.25, 0.3) is 5.92 Å². The highest BCUT2D eigenvalue weighted by molar-refractivity contribution is 7.09. The van der Waals surface area contributed by atoms with E-state index < -0.39 is 11.8 Å². The zero-order valence-corrected chi connectivity index (χ0v) is 7.50. The molecule has 0 N–H and O–H groups in total. The summed E-state index contributed by atoms with van der Waals surface area (Å²) >= 11 is 1.47. The molecule has 1 aliphatic rings. The van der Waals surface area contributed by atoms with Gasteiger partial charge in [0, 0.05) is 11.8 Å². The summed E-state index contributed by atoms with van der Waals surface area (Å²) in [5.74, 6) is -3.06. The maximum absolute atomic E-state index is 12.6. The lowest BCUT2D eigenvalue weighted by molar-refractivity contribution is 0.111. The number of halogens is 2. The molecule has 1 atom stereocenters. The van der Waals surface area contributed by atoms with E-state index in [4.69, 9.17) is 0 Å². The molecule has 12 heavy (non-hydrogen) atoms. The molecule has 0 spiro atoms. The second kappa shape index (κ2) is 2.49. The summed E-state index contributed by atoms with van der Waals surface area (Å²) in [4.78, 5) is 4.12. The summed E-state index contributed by atoms with van der Waals surface area (Å²) in [5.41, 5.74) is 0.585. The lowest BCUT2D eigenvalue weighted by atomic mass is 10.3. The van der Waals surface area contributed by atoms with E-state index in [2.05, 4.69) is 4.98 Å². The maximum Gasteiger partial charge on any atom is 0.257 e. The van der Waals surface area contributed by atoms with Gasteiger partial charge in [-0.15, -0.1) is 11.3 Å². The first-order chi connectivity index (χ1) is 5.63. The predicted molar refractivity (Wildman–Crippen MR) is 43.8 cm³/mol. The van der Waals surface area contributed by atoms with Gasteiger partial charge in [-0.3, -0.25) is 0 Å². The van der Waals surface area contributed by atoms with Crippen LogP contribution in [0.25, 0.3) is 0 Å². The van der Waals surface area contributed by atoms with Crippen LogP contribution in [0.2, 0.25) is 0 Å². The van der Waals surface area contributed by atoms with Crippen molar-refractivity contribution in [1.82, 2.24) is 4.98 Å². The van der Waals surface area contributed by atoms with Crippen LogP contribution < -0.4 is 0 Å². The standard InChI is InChI=1S/C8H9F2NS/c1-2-7-11-6(4-12-7)5-3-8(5,9)10/h4-5H,2-3H2,1H3. The molecule has 0 radical (unpaired) electrons. The number of nitrogens with zero attached hydrogens (tertiary/aromatic N) is 1. The monoisotopic (exact) mass is 189 g/mol. The van der Waals surface area contributed by atoms with Gasteiger partial charge < -0.3 is 0 Å². The van der Waals surface area contributed by atoms with Crippen molar-refractivity contribution in [2.75, 3.05) is 0 Å². The van der Waals surface area contributed by atoms with Gasteiger partial charge in [0.05, 0.1) is 16.6 Å². The van der Waals surface area contributed by atoms with E-state index in [1.165, 1.54) is 11.3 Å². The molecule has 1 unspecified atom stereocenters. The van der Waals surface area contributed by atoms with Gasteiger partial charge in [-0.1, -0.05) is 6.92 Å². The molecule has 1 heterocycles. The minimum Gasteiger partial charge on any atom is -0.246 e. The molecule has 0 saturated heterocycles. The third-order valence-corrected chi connectivity index (χ3v) is 3.07. The fourth-order valence-electron chi connectivity index (χ4n) is 1.18. The quantitative estimate of drug-likeness (QED) is 0.697. The molecular formula is C8H9F2NS. The van der Waals surface area contributed by atoms with Gasteiger partial charge in [0.1, 0.15) is 0 Å². The number of aromatic nitrogens is 1. The largest absolute Gasteiger partial charge is 0.257 e. The van der Waals surface area contributed by atoms with Gasteiger partial charge >= 0.3 is 0 Å². The fourth-order valence-corrected chi connectivity index (χ4v) is 1.98. The minimum absolute atomic E-state index is 0.0140. The van der Waals surface area contributed by atoms with Crippen molar-refractivity contribution < 1.29 is 8.78 Å². The van der Waals surface area contributed by atoms with E-state index in [-0.39, 0.29) is 6.42 Å². The topological polar surface area (TPSA) is 12.9 Å². The normalized spacial score (nSPS) is 25.8. The zero-order valence-electron chi connectivity index (χ0n) is 6.68. The molecule has 1 aromatic heterocycles. The maximum atomic E-state index is 12.6. The minimum atomic E-state index is -2.47. The Morgan fingerprint density at radius 1 is 1.75 bits per heavy atom. The Morgan fingerprint density at radius 2 is 2.42 bits per heavy atom. The third-order valence-electron chi connectivity index (χ3n) is 2.05. The number of hydrogen-bond acceptors (Lipinski definition) is 2. The summed E-state index contributed by atoms with van der Waals surface area (Å²) in [6.45, 7) is 1.98. The van der Waals surface area contributed by atoms with Crippen molar-refractivity contribution in [2.45, 2.75) is 31.6 Å². The van der Waals surface area contributed by atoms with Crippen LogP contribution in [-0.2, 0) is 6.42 Å². The van der Waals surface area contributed by atoms with Crippen molar-refractivity contribution in [3.63, 3.8) is 0 Å². The summed E-state index contributed by atoms with van der Waals surface area (Å²) in [7, 11) is 0. The second-order valence-electron chi connectivity index (χ2n) is 3.04. The van der Waals surface area contributed by atoms with Crippen LogP contribution in [0.3, 0.4) is 0 Å². The predicted octanol–water partition coefficient (Wildman–Crippen LogP) is 2.83.